The van der Waals surface area contributed by atoms with Gasteiger partial charge in [0, 0.05) is 19.5 Å². The van der Waals surface area contributed by atoms with Gasteiger partial charge in [-0.05, 0) is 31.6 Å². The largest absolute Gasteiger partial charge is 0.363 e. The van der Waals surface area contributed by atoms with Crippen LogP contribution in [-0.2, 0) is 0 Å². The maximum absolute atomic E-state index is 8.11. The number of hydrogen-bond donors (Lipinski definition) is 1. The molecule has 1 N–H and O–H groups in total. The summed E-state index contributed by atoms with van der Waals surface area (Å²) in [5.74, 6) is 2.39. The van der Waals surface area contributed by atoms with E-state index < -0.39 is 0 Å². The molecule has 2 rings (SSSR count). The Bertz CT molecular complexity index is 202. The summed E-state index contributed by atoms with van der Waals surface area (Å²) in [5.41, 5.74) is 0. The second-order valence-corrected chi connectivity index (χ2v) is 5.04. The van der Waals surface area contributed by atoms with Crippen molar-refractivity contribution in [3.63, 3.8) is 0 Å². The molecule has 0 unspecified atom stereocenters. The summed E-state index contributed by atoms with van der Waals surface area (Å²) < 4.78 is 0. The van der Waals surface area contributed by atoms with Crippen LogP contribution in [0.3, 0.4) is 0 Å². The summed E-state index contributed by atoms with van der Waals surface area (Å²) in [7, 11) is 2.11. The first-order valence-corrected chi connectivity index (χ1v) is 6.07. The highest BCUT2D eigenvalue weighted by atomic mass is 15.1. The fourth-order valence-electron chi connectivity index (χ4n) is 2.67. The third-order valence-corrected chi connectivity index (χ3v) is 3.91. The second kappa shape index (κ2) is 4.33. The molecule has 80 valence electrons. The molecule has 0 aliphatic heterocycles. The average Bonchev–Trinajstić information content (AvgIpc) is 2.62. The summed E-state index contributed by atoms with van der Waals surface area (Å²) in [6.45, 7) is 1.13. The molecule has 0 aromatic rings. The van der Waals surface area contributed by atoms with Crippen molar-refractivity contribution in [3.8, 4) is 0 Å². The van der Waals surface area contributed by atoms with Gasteiger partial charge in [-0.1, -0.05) is 19.3 Å². The Balaban J connectivity index is 1.77. The second-order valence-electron chi connectivity index (χ2n) is 5.04. The van der Waals surface area contributed by atoms with Gasteiger partial charge in [0.2, 0.25) is 0 Å². The van der Waals surface area contributed by atoms with Crippen LogP contribution >= 0.6 is 0 Å². The Morgan fingerprint density at radius 2 is 1.79 bits per heavy atom. The normalized spacial score (nSPS) is 23.5. The molecule has 0 spiro atoms. The van der Waals surface area contributed by atoms with E-state index in [0.29, 0.717) is 5.92 Å². The van der Waals surface area contributed by atoms with E-state index in [4.69, 9.17) is 5.41 Å². The van der Waals surface area contributed by atoms with Gasteiger partial charge in [0.05, 0.1) is 5.84 Å². The lowest BCUT2D eigenvalue weighted by Crippen LogP contribution is -2.36. The standard InChI is InChI=1S/C12H22N2/c1-14(9-10-5-4-6-10)12(13)11-7-2-3-8-11/h10-11,13H,2-9H2,1H3. The lowest BCUT2D eigenvalue weighted by molar-refractivity contribution is 0.253. The molecule has 0 radical (unpaired) electrons. The SMILES string of the molecule is CN(CC1CCC1)C(=N)C1CCCC1. The van der Waals surface area contributed by atoms with E-state index in [0.717, 1.165) is 18.3 Å². The average molecular weight is 194 g/mol. The molecule has 0 bridgehead atoms. The van der Waals surface area contributed by atoms with Crippen LogP contribution in [0.25, 0.3) is 0 Å². The molecule has 0 heterocycles. The van der Waals surface area contributed by atoms with Crippen molar-refractivity contribution in [2.24, 2.45) is 11.8 Å². The molecule has 14 heavy (non-hydrogen) atoms. The first-order chi connectivity index (χ1) is 6.77. The molecule has 0 aromatic carbocycles. The Morgan fingerprint density at radius 3 is 2.29 bits per heavy atom. The van der Waals surface area contributed by atoms with Crippen molar-refractivity contribution in [2.75, 3.05) is 13.6 Å². The fraction of sp³-hybridized carbons (Fsp3) is 0.917. The van der Waals surface area contributed by atoms with Crippen molar-refractivity contribution < 1.29 is 0 Å². The van der Waals surface area contributed by atoms with Crippen LogP contribution in [0.4, 0.5) is 0 Å². The molecule has 0 saturated heterocycles. The van der Waals surface area contributed by atoms with Gasteiger partial charge in [0.1, 0.15) is 0 Å². The monoisotopic (exact) mass is 194 g/mol. The maximum Gasteiger partial charge on any atom is 0.0986 e. The Labute approximate surface area is 87.2 Å². The Kier molecular flexibility index (Phi) is 3.09. The van der Waals surface area contributed by atoms with Gasteiger partial charge in [-0.2, -0.15) is 0 Å². The first kappa shape index (κ1) is 10.0. The Morgan fingerprint density at radius 1 is 1.14 bits per heavy atom. The zero-order valence-corrected chi connectivity index (χ0v) is 9.26. The predicted molar refractivity (Wildman–Crippen MR) is 59.7 cm³/mol. The molecule has 2 nitrogen and oxygen atoms in total. The molecular weight excluding hydrogens is 172 g/mol. The molecule has 2 saturated carbocycles. The van der Waals surface area contributed by atoms with Crippen molar-refractivity contribution in [2.45, 2.75) is 44.9 Å². The van der Waals surface area contributed by atoms with Gasteiger partial charge in [-0.3, -0.25) is 5.41 Å². The van der Waals surface area contributed by atoms with Crippen LogP contribution in [0, 0.1) is 17.2 Å². The van der Waals surface area contributed by atoms with Crippen molar-refractivity contribution in [1.82, 2.24) is 4.90 Å². The van der Waals surface area contributed by atoms with Gasteiger partial charge in [0.15, 0.2) is 0 Å². The van der Waals surface area contributed by atoms with Crippen molar-refractivity contribution >= 4 is 5.84 Å². The summed E-state index contributed by atoms with van der Waals surface area (Å²) in [6, 6.07) is 0. The van der Waals surface area contributed by atoms with Crippen molar-refractivity contribution in [3.05, 3.63) is 0 Å². The molecule has 2 aliphatic carbocycles. The smallest absolute Gasteiger partial charge is 0.0986 e. The van der Waals surface area contributed by atoms with Crippen molar-refractivity contribution in [1.29, 1.82) is 5.41 Å². The minimum atomic E-state index is 0.583. The number of nitrogens with zero attached hydrogens (tertiary/aromatic N) is 1. The van der Waals surface area contributed by atoms with E-state index in [1.807, 2.05) is 0 Å². The number of rotatable bonds is 3. The van der Waals surface area contributed by atoms with Gasteiger partial charge in [0.25, 0.3) is 0 Å². The maximum atomic E-state index is 8.11. The van der Waals surface area contributed by atoms with Gasteiger partial charge < -0.3 is 4.90 Å². The van der Waals surface area contributed by atoms with E-state index in [1.54, 1.807) is 0 Å². The minimum Gasteiger partial charge on any atom is -0.363 e. The molecule has 2 fully saturated rings. The molecule has 0 atom stereocenters. The highest BCUT2D eigenvalue weighted by Gasteiger charge is 2.25. The van der Waals surface area contributed by atoms with Crippen LogP contribution in [0.2, 0.25) is 0 Å². The first-order valence-electron chi connectivity index (χ1n) is 6.07. The summed E-state index contributed by atoms with van der Waals surface area (Å²) in [6.07, 6.45) is 9.39. The van der Waals surface area contributed by atoms with E-state index in [-0.39, 0.29) is 0 Å². The van der Waals surface area contributed by atoms with E-state index in [2.05, 4.69) is 11.9 Å². The predicted octanol–water partition coefficient (Wildman–Crippen LogP) is 2.89. The lowest BCUT2D eigenvalue weighted by atomic mass is 9.85. The van der Waals surface area contributed by atoms with Crippen LogP contribution in [-0.4, -0.2) is 24.3 Å². The molecule has 0 amide bonds. The third kappa shape index (κ3) is 2.10. The zero-order chi connectivity index (χ0) is 9.97. The number of nitrogens with one attached hydrogen (secondary N) is 1. The molecule has 2 heteroatoms. The van der Waals surface area contributed by atoms with E-state index in [1.165, 1.54) is 44.9 Å². The van der Waals surface area contributed by atoms with E-state index >= 15 is 0 Å². The highest BCUT2D eigenvalue weighted by molar-refractivity contribution is 5.81. The third-order valence-electron chi connectivity index (χ3n) is 3.91. The van der Waals surface area contributed by atoms with E-state index in [9.17, 15) is 0 Å². The summed E-state index contributed by atoms with van der Waals surface area (Å²) >= 11 is 0. The minimum absolute atomic E-state index is 0.583. The van der Waals surface area contributed by atoms with Crippen LogP contribution in [0.15, 0.2) is 0 Å². The number of hydrogen-bond acceptors (Lipinski definition) is 1. The summed E-state index contributed by atoms with van der Waals surface area (Å²) in [4.78, 5) is 2.21. The van der Waals surface area contributed by atoms with Gasteiger partial charge >= 0.3 is 0 Å². The molecule has 0 aromatic heterocycles. The fourth-order valence-corrected chi connectivity index (χ4v) is 2.67. The quantitative estimate of drug-likeness (QED) is 0.543. The van der Waals surface area contributed by atoms with Crippen LogP contribution in [0.1, 0.15) is 44.9 Å². The topological polar surface area (TPSA) is 27.1 Å². The number of amidine groups is 1. The summed E-state index contributed by atoms with van der Waals surface area (Å²) in [5, 5.41) is 8.11. The zero-order valence-electron chi connectivity index (χ0n) is 9.26. The van der Waals surface area contributed by atoms with Crippen LogP contribution < -0.4 is 0 Å². The molecule has 2 aliphatic rings. The highest BCUT2D eigenvalue weighted by Crippen LogP contribution is 2.29. The van der Waals surface area contributed by atoms with Crippen LogP contribution in [0.5, 0.6) is 0 Å². The Hall–Kier alpha value is -0.530. The lowest BCUT2D eigenvalue weighted by Gasteiger charge is -2.32. The van der Waals surface area contributed by atoms with Gasteiger partial charge in [-0.25, -0.2) is 0 Å². The molecular formula is C12H22N2. The van der Waals surface area contributed by atoms with Gasteiger partial charge in [-0.15, -0.1) is 0 Å².